The molecule has 6 nitrogen and oxygen atoms in total. The number of hydrogen-bond acceptors (Lipinski definition) is 5. The fourth-order valence-electron chi connectivity index (χ4n) is 4.91. The van der Waals surface area contributed by atoms with Gasteiger partial charge in [0.25, 0.3) is 0 Å². The predicted molar refractivity (Wildman–Crippen MR) is 135 cm³/mol. The molecule has 7 heteroatoms. The third-order valence-corrected chi connectivity index (χ3v) is 7.48. The van der Waals surface area contributed by atoms with Crippen LogP contribution < -0.4 is 5.32 Å². The number of amides is 1. The summed E-state index contributed by atoms with van der Waals surface area (Å²) in [7, 11) is 0. The lowest BCUT2D eigenvalue weighted by molar-refractivity contribution is -0.125. The topological polar surface area (TPSA) is 60.3 Å². The number of thiocarbonyl (C=S) groups is 1. The number of carbonyl (C=O) groups excluding carboxylic acids is 1. The van der Waals surface area contributed by atoms with Gasteiger partial charge in [0.05, 0.1) is 18.3 Å². The molecule has 2 heterocycles. The predicted octanol–water partition coefficient (Wildman–Crippen LogP) is 4.21. The molecule has 4 rings (SSSR count). The molecule has 2 aliphatic carbocycles. The quantitative estimate of drug-likeness (QED) is 0.559. The van der Waals surface area contributed by atoms with Crippen molar-refractivity contribution in [2.24, 2.45) is 21.8 Å². The Balaban J connectivity index is 1.47. The minimum atomic E-state index is -0.154. The lowest BCUT2D eigenvalue weighted by Crippen LogP contribution is -2.56. The summed E-state index contributed by atoms with van der Waals surface area (Å²) in [5, 5.41) is 7.71. The zero-order valence-electron chi connectivity index (χ0n) is 19.5. The number of nitrogens with zero attached hydrogens (tertiary/aromatic N) is 4. The Morgan fingerprint density at radius 2 is 2.22 bits per heavy atom. The van der Waals surface area contributed by atoms with Crippen molar-refractivity contribution in [2.45, 2.75) is 65.3 Å². The van der Waals surface area contributed by atoms with Gasteiger partial charge in [0.15, 0.2) is 0 Å². The maximum atomic E-state index is 13.5. The molecule has 0 spiro atoms. The number of nitrogens with one attached hydrogen (secondary N) is 1. The summed E-state index contributed by atoms with van der Waals surface area (Å²) in [5.74, 6) is 0.370. The molecule has 172 valence electrons. The van der Waals surface area contributed by atoms with Gasteiger partial charge in [-0.1, -0.05) is 51.6 Å². The van der Waals surface area contributed by atoms with Gasteiger partial charge in [0.1, 0.15) is 11.7 Å². The van der Waals surface area contributed by atoms with Gasteiger partial charge in [-0.05, 0) is 55.2 Å². The first kappa shape index (κ1) is 23.1. The van der Waals surface area contributed by atoms with E-state index in [2.05, 4.69) is 59.3 Å². The summed E-state index contributed by atoms with van der Waals surface area (Å²) in [6, 6.07) is -0.154. The number of fused-ring (bicyclic) bond motifs is 2. The van der Waals surface area contributed by atoms with Crippen molar-refractivity contribution in [3.8, 4) is 0 Å². The fourth-order valence-corrected chi connectivity index (χ4v) is 5.40. The Hall–Kier alpha value is -2.12. The Morgan fingerprint density at radius 3 is 2.94 bits per heavy atom. The number of allylic oxidation sites excluding steroid dienone is 5. The van der Waals surface area contributed by atoms with Crippen LogP contribution in [0.2, 0.25) is 0 Å². The van der Waals surface area contributed by atoms with Crippen LogP contribution in [0.3, 0.4) is 0 Å². The highest BCUT2D eigenvalue weighted by Gasteiger charge is 2.36. The Morgan fingerprint density at radius 1 is 1.38 bits per heavy atom. The molecule has 1 saturated carbocycles. The largest absolute Gasteiger partial charge is 0.346 e. The number of aliphatic imine (C=N–C) groups is 2. The van der Waals surface area contributed by atoms with Gasteiger partial charge in [-0.3, -0.25) is 19.8 Å². The summed E-state index contributed by atoms with van der Waals surface area (Å²) in [5.41, 5.74) is 4.91. The minimum Gasteiger partial charge on any atom is -0.346 e. The fraction of sp³-hybridized carbons (Fsp3) is 0.600. The molecule has 1 amide bonds. The maximum absolute atomic E-state index is 13.5. The molecule has 1 unspecified atom stereocenters. The number of hydrogen-bond donors (Lipinski definition) is 1. The highest BCUT2D eigenvalue weighted by Crippen LogP contribution is 2.39. The second kappa shape index (κ2) is 10.2. The molecule has 4 aliphatic rings. The first-order valence-electron chi connectivity index (χ1n) is 12.1. The Labute approximate surface area is 197 Å². The van der Waals surface area contributed by atoms with Gasteiger partial charge in [-0.25, -0.2) is 0 Å². The van der Waals surface area contributed by atoms with E-state index in [1.165, 1.54) is 16.9 Å². The molecule has 0 bridgehead atoms. The SMILES string of the molecule is CCCN(C(=S)[C@@H](NC(=O)C1CCC2=NC3=CC=CCC3=C2C1)[C@@H](C)CC)N1CC=NC1. The van der Waals surface area contributed by atoms with Crippen molar-refractivity contribution >= 4 is 35.0 Å². The highest BCUT2D eigenvalue weighted by molar-refractivity contribution is 7.80. The number of rotatable bonds is 8. The van der Waals surface area contributed by atoms with Gasteiger partial charge < -0.3 is 5.32 Å². The molecular weight excluding hydrogens is 418 g/mol. The molecule has 0 aromatic heterocycles. The zero-order valence-corrected chi connectivity index (χ0v) is 20.3. The standard InChI is InChI=1S/C25H35N5OS/c1-4-13-30(29-14-12-26-16-29)25(32)23(17(3)5-2)28-24(31)18-10-11-22-20(15-18)19-8-6-7-9-21(19)27-22/h6-7,9,12,17-18,23H,4-5,8,10-11,13-16H2,1-3H3,(H,28,31)/t17-,18?,23-/m0/s1. The average Bonchev–Trinajstić information content (AvgIpc) is 3.47. The van der Waals surface area contributed by atoms with Crippen LogP contribution in [0.5, 0.6) is 0 Å². The number of carbonyl (C=O) groups is 1. The maximum Gasteiger partial charge on any atom is 0.224 e. The smallest absolute Gasteiger partial charge is 0.224 e. The molecule has 0 saturated heterocycles. The van der Waals surface area contributed by atoms with E-state index in [9.17, 15) is 4.79 Å². The van der Waals surface area contributed by atoms with Crippen LogP contribution in [0.15, 0.2) is 45.1 Å². The van der Waals surface area contributed by atoms with Gasteiger partial charge in [0, 0.05) is 24.4 Å². The molecule has 3 atom stereocenters. The number of hydrazine groups is 1. The normalized spacial score (nSPS) is 23.9. The van der Waals surface area contributed by atoms with Crippen LogP contribution in [-0.4, -0.2) is 58.6 Å². The highest BCUT2D eigenvalue weighted by atomic mass is 32.1. The van der Waals surface area contributed by atoms with Crippen LogP contribution in [0.4, 0.5) is 0 Å². The van der Waals surface area contributed by atoms with Crippen molar-refractivity contribution in [3.05, 3.63) is 35.1 Å². The summed E-state index contributed by atoms with van der Waals surface area (Å²) in [6.45, 7) is 8.74. The third kappa shape index (κ3) is 4.64. The Kier molecular flexibility index (Phi) is 7.36. The molecule has 0 aromatic rings. The van der Waals surface area contributed by atoms with Gasteiger partial charge >= 0.3 is 0 Å². The van der Waals surface area contributed by atoms with E-state index < -0.39 is 0 Å². The van der Waals surface area contributed by atoms with Crippen molar-refractivity contribution in [1.29, 1.82) is 0 Å². The lowest BCUT2D eigenvalue weighted by Gasteiger charge is -2.38. The molecule has 1 N–H and O–H groups in total. The summed E-state index contributed by atoms with van der Waals surface area (Å²) < 4.78 is 0. The zero-order chi connectivity index (χ0) is 22.7. The van der Waals surface area contributed by atoms with Crippen LogP contribution in [0.1, 0.15) is 59.3 Å². The summed E-state index contributed by atoms with van der Waals surface area (Å²) in [4.78, 5) is 23.5. The van der Waals surface area contributed by atoms with E-state index >= 15 is 0 Å². The minimum absolute atomic E-state index is 0.0224. The average molecular weight is 454 g/mol. The molecule has 0 radical (unpaired) electrons. The monoisotopic (exact) mass is 453 g/mol. The van der Waals surface area contributed by atoms with E-state index in [1.54, 1.807) is 0 Å². The second-order valence-corrected chi connectivity index (χ2v) is 9.59. The van der Waals surface area contributed by atoms with Crippen molar-refractivity contribution < 1.29 is 4.79 Å². The van der Waals surface area contributed by atoms with Crippen LogP contribution in [-0.2, 0) is 4.79 Å². The van der Waals surface area contributed by atoms with E-state index in [4.69, 9.17) is 17.2 Å². The van der Waals surface area contributed by atoms with Crippen molar-refractivity contribution in [1.82, 2.24) is 15.3 Å². The summed E-state index contributed by atoms with van der Waals surface area (Å²) >= 11 is 5.98. The molecule has 2 aliphatic heterocycles. The van der Waals surface area contributed by atoms with Crippen LogP contribution in [0.25, 0.3) is 0 Å². The third-order valence-electron chi connectivity index (χ3n) is 7.01. The van der Waals surface area contributed by atoms with Gasteiger partial charge in [-0.15, -0.1) is 0 Å². The summed E-state index contributed by atoms with van der Waals surface area (Å²) in [6.07, 6.45) is 13.7. The van der Waals surface area contributed by atoms with Crippen molar-refractivity contribution in [3.63, 3.8) is 0 Å². The first-order chi connectivity index (χ1) is 15.5. The van der Waals surface area contributed by atoms with E-state index in [-0.39, 0.29) is 23.8 Å². The van der Waals surface area contributed by atoms with Crippen LogP contribution in [0, 0.1) is 11.8 Å². The second-order valence-electron chi connectivity index (χ2n) is 9.17. The van der Waals surface area contributed by atoms with Gasteiger partial charge in [-0.2, -0.15) is 5.01 Å². The molecule has 32 heavy (non-hydrogen) atoms. The first-order valence-corrected chi connectivity index (χ1v) is 12.5. The molecular formula is C25H35N5OS. The van der Waals surface area contributed by atoms with Crippen molar-refractivity contribution in [2.75, 3.05) is 19.8 Å². The molecule has 1 fully saturated rings. The van der Waals surface area contributed by atoms with Gasteiger partial charge in [0.2, 0.25) is 5.91 Å². The van der Waals surface area contributed by atoms with E-state index in [1.807, 2.05) is 6.21 Å². The van der Waals surface area contributed by atoms with Crippen LogP contribution >= 0.6 is 12.2 Å². The Bertz CT molecular complexity index is 907. The van der Waals surface area contributed by atoms with E-state index in [0.29, 0.717) is 6.67 Å². The molecule has 0 aromatic carbocycles. The lowest BCUT2D eigenvalue weighted by atomic mass is 9.81. The van der Waals surface area contributed by atoms with E-state index in [0.717, 1.165) is 62.3 Å².